The number of aryl methyl sites for hydroxylation is 1. The van der Waals surface area contributed by atoms with E-state index in [0.29, 0.717) is 6.54 Å². The fraction of sp³-hybridized carbons (Fsp3) is 0.250. The third-order valence-electron chi connectivity index (χ3n) is 1.58. The molecule has 4 heteroatoms. The average molecular weight is 232 g/mol. The molecule has 0 heterocycles. The molecular weight excluding hydrogens is 222 g/mol. The lowest BCUT2D eigenvalue weighted by Crippen LogP contribution is -2.06. The minimum Gasteiger partial charge on any atom is -0.508 e. The number of phenolic OH excluding ortho intramolecular Hbond substituents is 1. The molecule has 0 aromatic heterocycles. The summed E-state index contributed by atoms with van der Waals surface area (Å²) >= 11 is 3.35. The van der Waals surface area contributed by atoms with Gasteiger partial charge < -0.3 is 10.3 Å². The van der Waals surface area contributed by atoms with Gasteiger partial charge in [0.1, 0.15) is 5.75 Å². The van der Waals surface area contributed by atoms with Crippen molar-refractivity contribution < 1.29 is 10.3 Å². The van der Waals surface area contributed by atoms with Crippen molar-refractivity contribution in [2.24, 2.45) is 0 Å². The summed E-state index contributed by atoms with van der Waals surface area (Å²) in [4.78, 5) is 0. The van der Waals surface area contributed by atoms with Crippen LogP contribution in [0.3, 0.4) is 0 Å². The van der Waals surface area contributed by atoms with E-state index in [1.807, 2.05) is 12.4 Å². The van der Waals surface area contributed by atoms with Gasteiger partial charge in [-0.2, -0.15) is 0 Å². The molecule has 0 aliphatic rings. The van der Waals surface area contributed by atoms with Gasteiger partial charge in [-0.3, -0.25) is 0 Å². The molecule has 3 N–H and O–H groups in total. The summed E-state index contributed by atoms with van der Waals surface area (Å²) in [5, 5.41) is 17.7. The fourth-order valence-corrected chi connectivity index (χ4v) is 1.40. The number of hydroxylamine groups is 1. The summed E-state index contributed by atoms with van der Waals surface area (Å²) in [5.41, 5.74) is 3.81. The lowest BCUT2D eigenvalue weighted by Gasteiger charge is -2.06. The topological polar surface area (TPSA) is 52.5 Å². The van der Waals surface area contributed by atoms with Crippen LogP contribution in [0.4, 0.5) is 0 Å². The first-order valence-electron chi connectivity index (χ1n) is 3.50. The second kappa shape index (κ2) is 3.89. The molecule has 0 radical (unpaired) electrons. The Morgan fingerprint density at radius 2 is 2.17 bits per heavy atom. The summed E-state index contributed by atoms with van der Waals surface area (Å²) in [5.74, 6) is 0.209. The Hall–Kier alpha value is -0.580. The van der Waals surface area contributed by atoms with Gasteiger partial charge in [-0.25, -0.2) is 5.48 Å². The molecule has 1 aromatic rings. The summed E-state index contributed by atoms with van der Waals surface area (Å²) in [6, 6.07) is 3.26. The van der Waals surface area contributed by atoms with Gasteiger partial charge in [0.2, 0.25) is 0 Å². The average Bonchev–Trinajstić information content (AvgIpc) is 2.00. The summed E-state index contributed by atoms with van der Waals surface area (Å²) < 4.78 is 0.904. The Labute approximate surface area is 79.1 Å². The first-order valence-corrected chi connectivity index (χ1v) is 4.29. The van der Waals surface area contributed by atoms with Crippen LogP contribution in [0.1, 0.15) is 11.1 Å². The summed E-state index contributed by atoms with van der Waals surface area (Å²) in [7, 11) is 0. The van der Waals surface area contributed by atoms with Crippen molar-refractivity contribution >= 4 is 15.9 Å². The predicted octanol–water partition coefficient (Wildman–Crippen LogP) is 1.94. The fourth-order valence-electron chi connectivity index (χ4n) is 1.04. The lowest BCUT2D eigenvalue weighted by molar-refractivity contribution is 0.161. The van der Waals surface area contributed by atoms with E-state index in [-0.39, 0.29) is 5.75 Å². The molecule has 1 rings (SSSR count). The normalized spacial score (nSPS) is 10.2. The molecule has 0 aliphatic heterocycles. The van der Waals surface area contributed by atoms with Crippen LogP contribution < -0.4 is 5.48 Å². The van der Waals surface area contributed by atoms with E-state index >= 15 is 0 Å². The molecule has 12 heavy (non-hydrogen) atoms. The minimum atomic E-state index is 0.209. The van der Waals surface area contributed by atoms with Crippen molar-refractivity contribution in [2.45, 2.75) is 13.5 Å². The van der Waals surface area contributed by atoms with E-state index in [1.165, 1.54) is 0 Å². The summed E-state index contributed by atoms with van der Waals surface area (Å²) in [6.07, 6.45) is 0. The zero-order valence-electron chi connectivity index (χ0n) is 6.63. The SMILES string of the molecule is Cc1cc(O)cc(CNO)c1Br. The number of phenols is 1. The largest absolute Gasteiger partial charge is 0.508 e. The van der Waals surface area contributed by atoms with Crippen molar-refractivity contribution in [3.8, 4) is 5.75 Å². The monoisotopic (exact) mass is 231 g/mol. The minimum absolute atomic E-state index is 0.209. The van der Waals surface area contributed by atoms with E-state index in [9.17, 15) is 5.11 Å². The highest BCUT2D eigenvalue weighted by Crippen LogP contribution is 2.25. The van der Waals surface area contributed by atoms with Crippen LogP contribution in [0.2, 0.25) is 0 Å². The molecule has 0 unspecified atom stereocenters. The van der Waals surface area contributed by atoms with Crippen LogP contribution in [0.25, 0.3) is 0 Å². The van der Waals surface area contributed by atoms with Gasteiger partial charge in [0.25, 0.3) is 0 Å². The molecule has 0 atom stereocenters. The number of hydrogen-bond donors (Lipinski definition) is 3. The molecule has 0 saturated carbocycles. The molecular formula is C8H10BrNO2. The van der Waals surface area contributed by atoms with Crippen LogP contribution in [0, 0.1) is 6.92 Å². The molecule has 0 saturated heterocycles. The molecule has 0 spiro atoms. The van der Waals surface area contributed by atoms with Crippen molar-refractivity contribution in [3.63, 3.8) is 0 Å². The van der Waals surface area contributed by atoms with E-state index in [0.717, 1.165) is 15.6 Å². The van der Waals surface area contributed by atoms with Crippen LogP contribution in [0.15, 0.2) is 16.6 Å². The molecule has 0 fully saturated rings. The van der Waals surface area contributed by atoms with Gasteiger partial charge in [-0.15, -0.1) is 0 Å². The number of hydrogen-bond acceptors (Lipinski definition) is 3. The molecule has 0 amide bonds. The van der Waals surface area contributed by atoms with Crippen molar-refractivity contribution in [1.82, 2.24) is 5.48 Å². The van der Waals surface area contributed by atoms with E-state index in [1.54, 1.807) is 12.1 Å². The highest BCUT2D eigenvalue weighted by molar-refractivity contribution is 9.10. The second-order valence-electron chi connectivity index (χ2n) is 2.57. The van der Waals surface area contributed by atoms with Gasteiger partial charge in [0.05, 0.1) is 0 Å². The number of halogens is 1. The molecule has 1 aromatic carbocycles. The Bertz CT molecular complexity index is 289. The van der Waals surface area contributed by atoms with Crippen LogP contribution >= 0.6 is 15.9 Å². The van der Waals surface area contributed by atoms with Crippen molar-refractivity contribution in [3.05, 3.63) is 27.7 Å². The highest BCUT2D eigenvalue weighted by atomic mass is 79.9. The molecule has 66 valence electrons. The smallest absolute Gasteiger partial charge is 0.116 e. The number of rotatable bonds is 2. The van der Waals surface area contributed by atoms with E-state index in [4.69, 9.17) is 5.21 Å². The lowest BCUT2D eigenvalue weighted by atomic mass is 10.1. The molecule has 0 bridgehead atoms. The first-order chi connectivity index (χ1) is 5.65. The van der Waals surface area contributed by atoms with Crippen molar-refractivity contribution in [2.75, 3.05) is 0 Å². The third kappa shape index (κ3) is 1.97. The standard InChI is InChI=1S/C8H10BrNO2/c1-5-2-7(11)3-6(4-10-12)8(5)9/h2-3,10-12H,4H2,1H3. The zero-order valence-corrected chi connectivity index (χ0v) is 8.22. The Morgan fingerprint density at radius 1 is 1.50 bits per heavy atom. The van der Waals surface area contributed by atoms with E-state index in [2.05, 4.69) is 15.9 Å². The van der Waals surface area contributed by atoms with E-state index < -0.39 is 0 Å². The van der Waals surface area contributed by atoms with Crippen LogP contribution in [-0.2, 0) is 6.54 Å². The third-order valence-corrected chi connectivity index (χ3v) is 2.72. The van der Waals surface area contributed by atoms with Gasteiger partial charge in [0, 0.05) is 11.0 Å². The quantitative estimate of drug-likeness (QED) is 0.683. The van der Waals surface area contributed by atoms with Gasteiger partial charge >= 0.3 is 0 Å². The van der Waals surface area contributed by atoms with Crippen LogP contribution in [0.5, 0.6) is 5.75 Å². The number of aromatic hydroxyl groups is 1. The molecule has 3 nitrogen and oxygen atoms in total. The van der Waals surface area contributed by atoms with Gasteiger partial charge in [0.15, 0.2) is 0 Å². The zero-order chi connectivity index (χ0) is 9.14. The van der Waals surface area contributed by atoms with Gasteiger partial charge in [-0.05, 0) is 30.2 Å². The Kier molecular flexibility index (Phi) is 3.08. The van der Waals surface area contributed by atoms with Gasteiger partial charge in [-0.1, -0.05) is 15.9 Å². The predicted molar refractivity (Wildman–Crippen MR) is 49.2 cm³/mol. The van der Waals surface area contributed by atoms with Crippen molar-refractivity contribution in [1.29, 1.82) is 0 Å². The maximum atomic E-state index is 9.21. The molecule has 0 aliphatic carbocycles. The maximum Gasteiger partial charge on any atom is 0.116 e. The number of nitrogens with one attached hydrogen (secondary N) is 1. The second-order valence-corrected chi connectivity index (χ2v) is 3.36. The van der Waals surface area contributed by atoms with Crippen LogP contribution in [-0.4, -0.2) is 10.3 Å². The first kappa shape index (κ1) is 9.51. The number of benzene rings is 1. The highest BCUT2D eigenvalue weighted by Gasteiger charge is 2.04. The maximum absolute atomic E-state index is 9.21. The Morgan fingerprint density at radius 3 is 2.75 bits per heavy atom. The summed E-state index contributed by atoms with van der Waals surface area (Å²) in [6.45, 7) is 2.19. The Balaban J connectivity index is 3.09.